The van der Waals surface area contributed by atoms with Gasteiger partial charge < -0.3 is 25.0 Å². The first kappa shape index (κ1) is 31.2. The summed E-state index contributed by atoms with van der Waals surface area (Å²) < 4.78 is 21.3. The number of hydrogen-bond donors (Lipinski definition) is 3. The van der Waals surface area contributed by atoms with Crippen molar-refractivity contribution in [2.45, 2.75) is 78.0 Å². The molecule has 0 spiro atoms. The van der Waals surface area contributed by atoms with E-state index in [0.717, 1.165) is 0 Å². The molecule has 3 aliphatic rings. The fourth-order valence-electron chi connectivity index (χ4n) is 5.11. The van der Waals surface area contributed by atoms with E-state index < -0.39 is 45.7 Å². The van der Waals surface area contributed by atoms with E-state index in [1.165, 1.54) is 22.9 Å². The summed E-state index contributed by atoms with van der Waals surface area (Å²) in [7, 11) is 0. The number of amides is 2. The zero-order valence-electron chi connectivity index (χ0n) is 24.7. The highest BCUT2D eigenvalue weighted by Crippen LogP contribution is 2.43. The van der Waals surface area contributed by atoms with Crippen molar-refractivity contribution in [3.8, 4) is 17.9 Å². The fraction of sp³-hybridized carbons (Fsp3) is 0.484. The van der Waals surface area contributed by atoms with Gasteiger partial charge in [-0.2, -0.15) is 10.5 Å². The van der Waals surface area contributed by atoms with Gasteiger partial charge in [-0.05, 0) is 64.2 Å². The molecule has 1 aromatic heterocycles. The van der Waals surface area contributed by atoms with Crippen LogP contribution in [0.1, 0.15) is 75.9 Å². The lowest BCUT2D eigenvalue weighted by atomic mass is 9.90. The number of pyridine rings is 1. The molecule has 0 saturated heterocycles. The van der Waals surface area contributed by atoms with Gasteiger partial charge in [-0.15, -0.1) is 0 Å². The van der Waals surface area contributed by atoms with E-state index in [2.05, 4.69) is 21.7 Å². The first-order valence-corrected chi connectivity index (χ1v) is 14.1. The van der Waals surface area contributed by atoms with Crippen LogP contribution in [0.4, 0.5) is 10.1 Å². The zero-order chi connectivity index (χ0) is 31.5. The standard InChI is InChI=1S/C31H35FN6O5/c1-30(2,16-34)17-36-28(41)22-25(39)23-24-26(19(9-13-35-23)15-18-5-7-20(32)8-6-18)43-21(10-14-38(24)29(22)42)27(40)37-31(3,4)11-12-33/h5,7-8,13,18,21,39H,6,9-11,14-15,17H2,1-4H3,(H,36,41)(H,37,40). The smallest absolute Gasteiger partial charge is 0.267 e. The highest BCUT2D eigenvalue weighted by molar-refractivity contribution is 6.00. The molecule has 4 rings (SSSR count). The molecule has 1 aromatic rings. The third-order valence-electron chi connectivity index (χ3n) is 7.53. The lowest BCUT2D eigenvalue weighted by Crippen LogP contribution is -2.48. The number of nitrogens with zero attached hydrogens (tertiary/aromatic N) is 4. The second-order valence-corrected chi connectivity index (χ2v) is 12.3. The molecule has 226 valence electrons. The Balaban J connectivity index is 1.83. The van der Waals surface area contributed by atoms with Crippen LogP contribution < -0.4 is 16.2 Å². The summed E-state index contributed by atoms with van der Waals surface area (Å²) in [5, 5.41) is 35.2. The second-order valence-electron chi connectivity index (χ2n) is 12.3. The number of carbonyl (C=O) groups is 2. The molecule has 2 unspecified atom stereocenters. The van der Waals surface area contributed by atoms with Crippen LogP contribution in [0.3, 0.4) is 0 Å². The van der Waals surface area contributed by atoms with Gasteiger partial charge in [0.1, 0.15) is 28.5 Å². The van der Waals surface area contributed by atoms with Crippen molar-refractivity contribution in [1.29, 1.82) is 10.5 Å². The van der Waals surface area contributed by atoms with Crippen LogP contribution >= 0.6 is 0 Å². The number of rotatable bonds is 8. The first-order chi connectivity index (χ1) is 20.3. The molecule has 2 atom stereocenters. The minimum absolute atomic E-state index is 0.0360. The molecule has 3 N–H and O–H groups in total. The van der Waals surface area contributed by atoms with Gasteiger partial charge >= 0.3 is 0 Å². The topological polar surface area (TPSA) is 170 Å². The van der Waals surface area contributed by atoms with Gasteiger partial charge in [0.05, 0.1) is 24.0 Å². The highest BCUT2D eigenvalue weighted by Gasteiger charge is 2.37. The molecule has 0 fully saturated rings. The van der Waals surface area contributed by atoms with Gasteiger partial charge in [-0.25, -0.2) is 4.39 Å². The SMILES string of the molecule is CC(C)(C#N)CNC(=O)c1c(O)c2c3n(c1=O)CCC(C(=O)NC(C)(C)CC#N)OC3=C(CC1C=CC(F)=CC1)CC=N2. The summed E-state index contributed by atoms with van der Waals surface area (Å²) in [5.41, 5.74) is -2.30. The quantitative estimate of drug-likeness (QED) is 0.410. The van der Waals surface area contributed by atoms with Crippen LogP contribution in [-0.4, -0.2) is 45.9 Å². The minimum Gasteiger partial charge on any atom is -0.505 e. The summed E-state index contributed by atoms with van der Waals surface area (Å²) in [6.07, 6.45) is 6.28. The summed E-state index contributed by atoms with van der Waals surface area (Å²) in [4.78, 5) is 44.9. The highest BCUT2D eigenvalue weighted by atomic mass is 19.1. The molecular formula is C31H35FN6O5. The average molecular weight is 591 g/mol. The molecule has 0 bridgehead atoms. The molecule has 0 radical (unpaired) electrons. The molecule has 12 heteroatoms. The van der Waals surface area contributed by atoms with Crippen molar-refractivity contribution in [2.75, 3.05) is 6.54 Å². The number of hydrogen-bond acceptors (Lipinski definition) is 8. The lowest BCUT2D eigenvalue weighted by Gasteiger charge is -2.27. The zero-order valence-corrected chi connectivity index (χ0v) is 24.7. The van der Waals surface area contributed by atoms with E-state index in [4.69, 9.17) is 4.74 Å². The van der Waals surface area contributed by atoms with Crippen LogP contribution in [0.5, 0.6) is 5.75 Å². The summed E-state index contributed by atoms with van der Waals surface area (Å²) in [6, 6.07) is 4.12. The van der Waals surface area contributed by atoms with E-state index in [0.29, 0.717) is 18.4 Å². The molecule has 2 aliphatic heterocycles. The van der Waals surface area contributed by atoms with Crippen LogP contribution in [0.15, 0.2) is 39.4 Å². The van der Waals surface area contributed by atoms with E-state index in [9.17, 15) is 34.4 Å². The largest absolute Gasteiger partial charge is 0.505 e. The van der Waals surface area contributed by atoms with Crippen molar-refractivity contribution in [3.05, 3.63) is 51.2 Å². The molecule has 2 amide bonds. The molecule has 1 aliphatic carbocycles. The number of aliphatic imine (C=N–C) groups is 1. The number of ether oxygens (including phenoxy) is 1. The van der Waals surface area contributed by atoms with Crippen molar-refractivity contribution >= 4 is 29.5 Å². The van der Waals surface area contributed by atoms with Gasteiger partial charge in [-0.1, -0.05) is 6.08 Å². The Bertz CT molecular complexity index is 1600. The Kier molecular flexibility index (Phi) is 8.90. The van der Waals surface area contributed by atoms with Crippen molar-refractivity contribution in [2.24, 2.45) is 16.3 Å². The summed E-state index contributed by atoms with van der Waals surface area (Å²) >= 11 is 0. The van der Waals surface area contributed by atoms with E-state index in [-0.39, 0.29) is 61.2 Å². The monoisotopic (exact) mass is 590 g/mol. The fourth-order valence-corrected chi connectivity index (χ4v) is 5.11. The molecule has 0 saturated carbocycles. The van der Waals surface area contributed by atoms with E-state index in [1.54, 1.807) is 33.8 Å². The number of nitriles is 2. The predicted octanol–water partition coefficient (Wildman–Crippen LogP) is 4.07. The molecular weight excluding hydrogens is 555 g/mol. The van der Waals surface area contributed by atoms with Gasteiger partial charge in [-0.3, -0.25) is 19.4 Å². The summed E-state index contributed by atoms with van der Waals surface area (Å²) in [6.45, 7) is 6.58. The lowest BCUT2D eigenvalue weighted by molar-refractivity contribution is -0.131. The number of carbonyl (C=O) groups excluding carboxylic acids is 2. The average Bonchev–Trinajstić information content (AvgIpc) is 3.25. The van der Waals surface area contributed by atoms with Crippen molar-refractivity contribution in [3.63, 3.8) is 0 Å². The third-order valence-corrected chi connectivity index (χ3v) is 7.53. The maximum Gasteiger partial charge on any atom is 0.267 e. The second kappa shape index (κ2) is 12.3. The van der Waals surface area contributed by atoms with E-state index >= 15 is 0 Å². The molecule has 43 heavy (non-hydrogen) atoms. The van der Waals surface area contributed by atoms with Gasteiger partial charge in [0, 0.05) is 37.7 Å². The number of aromatic nitrogens is 1. The maximum absolute atomic E-state index is 13.8. The van der Waals surface area contributed by atoms with Crippen LogP contribution in [0.25, 0.3) is 5.76 Å². The minimum atomic E-state index is -1.07. The Morgan fingerprint density at radius 1 is 1.28 bits per heavy atom. The number of halogens is 1. The first-order valence-electron chi connectivity index (χ1n) is 14.1. The Labute approximate surface area is 249 Å². The van der Waals surface area contributed by atoms with Gasteiger partial charge in [0.25, 0.3) is 17.4 Å². The maximum atomic E-state index is 13.8. The predicted molar refractivity (Wildman–Crippen MR) is 157 cm³/mol. The van der Waals surface area contributed by atoms with Crippen molar-refractivity contribution in [1.82, 2.24) is 15.2 Å². The number of nitrogens with one attached hydrogen (secondary N) is 2. The number of allylic oxidation sites excluding steroid dienone is 5. The molecule has 3 heterocycles. The van der Waals surface area contributed by atoms with Gasteiger partial charge in [0.2, 0.25) is 0 Å². The third kappa shape index (κ3) is 6.86. The van der Waals surface area contributed by atoms with E-state index in [1.807, 2.05) is 6.07 Å². The number of aromatic hydroxyl groups is 1. The van der Waals surface area contributed by atoms with Crippen molar-refractivity contribution < 1.29 is 23.8 Å². The van der Waals surface area contributed by atoms with Crippen LogP contribution in [0, 0.1) is 34.0 Å². The normalized spacial score (nSPS) is 19.6. The Morgan fingerprint density at radius 2 is 2.02 bits per heavy atom. The molecule has 11 nitrogen and oxygen atoms in total. The summed E-state index contributed by atoms with van der Waals surface area (Å²) in [5.74, 6) is -2.20. The van der Waals surface area contributed by atoms with Gasteiger partial charge in [0.15, 0.2) is 11.9 Å². The molecule has 0 aromatic carbocycles. The van der Waals surface area contributed by atoms with Crippen LogP contribution in [-0.2, 0) is 16.1 Å². The Morgan fingerprint density at radius 3 is 2.67 bits per heavy atom. The van der Waals surface area contributed by atoms with Crippen LogP contribution in [0.2, 0.25) is 0 Å². The Hall–Kier alpha value is -4.71.